The lowest BCUT2D eigenvalue weighted by molar-refractivity contribution is -0.163. The Morgan fingerprint density at radius 1 is 1.36 bits per heavy atom. The second-order valence-electron chi connectivity index (χ2n) is 7.88. The number of ketones is 1. The highest BCUT2D eigenvalue weighted by Gasteiger charge is 2.62. The average molecular weight is 346 g/mol. The Balaban J connectivity index is 2.07. The third-order valence-electron chi connectivity index (χ3n) is 6.47. The van der Waals surface area contributed by atoms with Gasteiger partial charge >= 0.3 is 11.9 Å². The fourth-order valence-corrected chi connectivity index (χ4v) is 4.76. The maximum atomic E-state index is 12.8. The van der Waals surface area contributed by atoms with Crippen molar-refractivity contribution in [1.29, 1.82) is 0 Å². The van der Waals surface area contributed by atoms with Crippen LogP contribution in [0, 0.1) is 29.1 Å². The lowest BCUT2D eigenvalue weighted by atomic mass is 9.66. The lowest BCUT2D eigenvalue weighted by Crippen LogP contribution is -2.50. The monoisotopic (exact) mass is 346 g/mol. The predicted octanol–water partition coefficient (Wildman–Crippen LogP) is 2.84. The molecule has 0 aromatic heterocycles. The van der Waals surface area contributed by atoms with Gasteiger partial charge in [-0.2, -0.15) is 0 Å². The summed E-state index contributed by atoms with van der Waals surface area (Å²) in [5, 5.41) is 0. The van der Waals surface area contributed by atoms with Crippen molar-refractivity contribution in [3.05, 3.63) is 23.8 Å². The summed E-state index contributed by atoms with van der Waals surface area (Å²) in [5.41, 5.74) is -0.365. The molecule has 3 aliphatic rings. The van der Waals surface area contributed by atoms with Gasteiger partial charge in [0.05, 0.1) is 11.3 Å². The minimum absolute atomic E-state index is 0.0276. The van der Waals surface area contributed by atoms with Crippen LogP contribution in [0.15, 0.2) is 23.8 Å². The van der Waals surface area contributed by atoms with Crippen LogP contribution in [0.2, 0.25) is 0 Å². The first-order valence-corrected chi connectivity index (χ1v) is 8.98. The zero-order valence-electron chi connectivity index (χ0n) is 15.4. The highest BCUT2D eigenvalue weighted by atomic mass is 16.6. The Morgan fingerprint density at radius 2 is 2.04 bits per heavy atom. The molecule has 5 heteroatoms. The molecular weight excluding hydrogens is 320 g/mol. The third-order valence-corrected chi connectivity index (χ3v) is 6.47. The molecule has 5 nitrogen and oxygen atoms in total. The number of hydrogen-bond acceptors (Lipinski definition) is 5. The van der Waals surface area contributed by atoms with Crippen LogP contribution in [0.25, 0.3) is 0 Å². The smallest absolute Gasteiger partial charge is 0.333 e. The van der Waals surface area contributed by atoms with E-state index in [1.165, 1.54) is 0 Å². The molecule has 25 heavy (non-hydrogen) atoms. The van der Waals surface area contributed by atoms with Gasteiger partial charge in [0.25, 0.3) is 0 Å². The molecular formula is C20H26O5. The Hall–Kier alpha value is -1.91. The summed E-state index contributed by atoms with van der Waals surface area (Å²) < 4.78 is 11.5. The zero-order valence-corrected chi connectivity index (χ0v) is 15.4. The van der Waals surface area contributed by atoms with Crippen molar-refractivity contribution >= 4 is 17.7 Å². The molecule has 1 saturated heterocycles. The van der Waals surface area contributed by atoms with Gasteiger partial charge in [0.2, 0.25) is 0 Å². The maximum absolute atomic E-state index is 12.8. The summed E-state index contributed by atoms with van der Waals surface area (Å²) in [6.07, 6.45) is 4.91. The fraction of sp³-hybridized carbons (Fsp3) is 0.650. The summed E-state index contributed by atoms with van der Waals surface area (Å²) >= 11 is 0. The van der Waals surface area contributed by atoms with E-state index in [-0.39, 0.29) is 35.6 Å². The fourth-order valence-electron chi connectivity index (χ4n) is 4.76. The number of ether oxygens (including phenoxy) is 2. The van der Waals surface area contributed by atoms with Crippen molar-refractivity contribution < 1.29 is 23.9 Å². The van der Waals surface area contributed by atoms with Gasteiger partial charge in [0, 0.05) is 11.5 Å². The Morgan fingerprint density at radius 3 is 2.68 bits per heavy atom. The quantitative estimate of drug-likeness (QED) is 0.568. The highest BCUT2D eigenvalue weighted by Crippen LogP contribution is 2.54. The van der Waals surface area contributed by atoms with Crippen molar-refractivity contribution in [2.75, 3.05) is 0 Å². The minimum Gasteiger partial charge on any atom is -0.462 e. The van der Waals surface area contributed by atoms with Crippen LogP contribution < -0.4 is 0 Å². The van der Waals surface area contributed by atoms with Crippen molar-refractivity contribution in [2.45, 2.75) is 53.2 Å². The number of hydrogen-bond donors (Lipinski definition) is 0. The Bertz CT molecular complexity index is 676. The number of esters is 2. The van der Waals surface area contributed by atoms with Gasteiger partial charge in [-0.25, -0.2) is 4.79 Å². The third kappa shape index (κ3) is 2.55. The Kier molecular flexibility index (Phi) is 4.38. The molecule has 1 heterocycles. The number of rotatable bonds is 2. The molecule has 3 rings (SSSR count). The number of allylic oxidation sites excluding steroid dienone is 3. The van der Waals surface area contributed by atoms with E-state index in [9.17, 15) is 14.4 Å². The van der Waals surface area contributed by atoms with E-state index in [4.69, 9.17) is 9.47 Å². The van der Waals surface area contributed by atoms with Gasteiger partial charge in [-0.15, -0.1) is 0 Å². The first-order valence-electron chi connectivity index (χ1n) is 8.98. The number of carbonyl (C=O) groups is 3. The summed E-state index contributed by atoms with van der Waals surface area (Å²) in [5.74, 6) is -1.32. The summed E-state index contributed by atoms with van der Waals surface area (Å²) in [4.78, 5) is 37.5. The van der Waals surface area contributed by atoms with Crippen molar-refractivity contribution in [3.8, 4) is 0 Å². The molecule has 1 aliphatic heterocycles. The molecule has 2 fully saturated rings. The van der Waals surface area contributed by atoms with Crippen LogP contribution in [-0.2, 0) is 23.9 Å². The van der Waals surface area contributed by atoms with E-state index in [2.05, 4.69) is 6.92 Å². The molecule has 0 aromatic rings. The zero-order chi connectivity index (χ0) is 18.5. The van der Waals surface area contributed by atoms with Crippen molar-refractivity contribution in [3.63, 3.8) is 0 Å². The summed E-state index contributed by atoms with van der Waals surface area (Å²) in [7, 11) is 0. The minimum atomic E-state index is -0.856. The molecule has 0 unspecified atom stereocenters. The first-order chi connectivity index (χ1) is 11.7. The summed E-state index contributed by atoms with van der Waals surface area (Å²) in [6.45, 7) is 9.20. The maximum Gasteiger partial charge on any atom is 0.333 e. The van der Waals surface area contributed by atoms with Crippen LogP contribution >= 0.6 is 0 Å². The Labute approximate surface area is 148 Å². The molecule has 0 spiro atoms. The van der Waals surface area contributed by atoms with E-state index in [1.807, 2.05) is 13.0 Å². The standard InChI is InChI=1S/C20H26O5/c1-6-10(2)18(22)25-17-16-12(4)19(23)24-14(16)9-11(3)13-7-8-15(21)20(13,17)5/h6-8,11-14,16-17H,9H2,1-5H3/b10-6+/t11-,12-,13+,14-,16-,17+,20+/m1/s1. The second kappa shape index (κ2) is 6.11. The second-order valence-corrected chi connectivity index (χ2v) is 7.88. The number of fused-ring (bicyclic) bond motifs is 2. The van der Waals surface area contributed by atoms with Gasteiger partial charge in [-0.1, -0.05) is 26.0 Å². The predicted molar refractivity (Wildman–Crippen MR) is 91.4 cm³/mol. The van der Waals surface area contributed by atoms with Crippen LogP contribution in [0.5, 0.6) is 0 Å². The van der Waals surface area contributed by atoms with Gasteiger partial charge in [-0.3, -0.25) is 9.59 Å². The normalized spacial score (nSPS) is 43.3. The molecule has 0 amide bonds. The van der Waals surface area contributed by atoms with Crippen LogP contribution in [0.4, 0.5) is 0 Å². The molecule has 0 aromatic carbocycles. The summed E-state index contributed by atoms with van der Waals surface area (Å²) in [6, 6.07) is 0. The molecule has 0 N–H and O–H groups in total. The van der Waals surface area contributed by atoms with Gasteiger partial charge in [-0.05, 0) is 45.1 Å². The molecule has 0 radical (unpaired) electrons. The molecule has 0 bridgehead atoms. The van der Waals surface area contributed by atoms with Gasteiger partial charge in [0.1, 0.15) is 12.2 Å². The van der Waals surface area contributed by atoms with E-state index in [0.717, 1.165) is 0 Å². The van der Waals surface area contributed by atoms with Gasteiger partial charge < -0.3 is 9.47 Å². The van der Waals surface area contributed by atoms with Gasteiger partial charge in [0.15, 0.2) is 5.78 Å². The van der Waals surface area contributed by atoms with E-state index < -0.39 is 23.4 Å². The molecule has 1 saturated carbocycles. The molecule has 2 aliphatic carbocycles. The van der Waals surface area contributed by atoms with E-state index >= 15 is 0 Å². The van der Waals surface area contributed by atoms with Crippen molar-refractivity contribution in [2.24, 2.45) is 29.1 Å². The average Bonchev–Trinajstić information content (AvgIpc) is 2.99. The topological polar surface area (TPSA) is 69.7 Å². The lowest BCUT2D eigenvalue weighted by Gasteiger charge is -2.40. The highest BCUT2D eigenvalue weighted by molar-refractivity contribution is 5.99. The largest absolute Gasteiger partial charge is 0.462 e. The van der Waals surface area contributed by atoms with E-state index in [0.29, 0.717) is 12.0 Å². The van der Waals surface area contributed by atoms with Crippen LogP contribution in [-0.4, -0.2) is 29.9 Å². The first kappa shape index (κ1) is 17.9. The SMILES string of the molecule is C/C=C(\C)C(=O)O[C@H]1[C@H]2[C@@H](C[C@@H](C)[C@@H]3C=CC(=O)[C@]31C)OC(=O)[C@@H]2C. The number of carbonyl (C=O) groups excluding carboxylic acids is 3. The van der Waals surface area contributed by atoms with Crippen LogP contribution in [0.3, 0.4) is 0 Å². The van der Waals surface area contributed by atoms with Crippen LogP contribution in [0.1, 0.15) is 41.0 Å². The van der Waals surface area contributed by atoms with Crippen molar-refractivity contribution in [1.82, 2.24) is 0 Å². The molecule has 136 valence electrons. The van der Waals surface area contributed by atoms with E-state index in [1.54, 1.807) is 32.9 Å². The molecule has 7 atom stereocenters.